The number of rotatable bonds is 3. The summed E-state index contributed by atoms with van der Waals surface area (Å²) in [5.41, 5.74) is 0.357. The van der Waals surface area contributed by atoms with Crippen molar-refractivity contribution < 1.29 is 22.8 Å². The zero-order valence-electron chi connectivity index (χ0n) is 15.8. The first-order chi connectivity index (χ1) is 13.9. The lowest BCUT2D eigenvalue weighted by Crippen LogP contribution is -2.38. The second-order valence-corrected chi connectivity index (χ2v) is 7.44. The summed E-state index contributed by atoms with van der Waals surface area (Å²) < 4.78 is 41.1. The van der Waals surface area contributed by atoms with Crippen LogP contribution in [0.3, 0.4) is 0 Å². The van der Waals surface area contributed by atoms with E-state index in [1.807, 2.05) is 4.90 Å². The fourth-order valence-electron chi connectivity index (χ4n) is 3.80. The van der Waals surface area contributed by atoms with E-state index < -0.39 is 29.3 Å². The zero-order valence-corrected chi connectivity index (χ0v) is 15.8. The predicted molar refractivity (Wildman–Crippen MR) is 102 cm³/mol. The van der Waals surface area contributed by atoms with Crippen molar-refractivity contribution in [1.82, 2.24) is 4.90 Å². The Hall–Kier alpha value is -3.09. The SMILES string of the molecule is CC1CCN(C2=C(c3ccc(F)cc3)C(=O)N(c3ccc(F)cc3F)C2=O)CC1. The lowest BCUT2D eigenvalue weighted by Gasteiger charge is -2.32. The van der Waals surface area contributed by atoms with Crippen LogP contribution in [0.15, 0.2) is 48.2 Å². The van der Waals surface area contributed by atoms with Crippen molar-refractivity contribution in [3.05, 3.63) is 71.2 Å². The fourth-order valence-corrected chi connectivity index (χ4v) is 3.80. The highest BCUT2D eigenvalue weighted by Gasteiger charge is 2.43. The van der Waals surface area contributed by atoms with Gasteiger partial charge >= 0.3 is 0 Å². The third kappa shape index (κ3) is 3.41. The Bertz CT molecular complexity index is 1010. The summed E-state index contributed by atoms with van der Waals surface area (Å²) in [6.07, 6.45) is 1.71. The van der Waals surface area contributed by atoms with Gasteiger partial charge in [0.1, 0.15) is 23.1 Å². The lowest BCUT2D eigenvalue weighted by atomic mass is 9.97. The van der Waals surface area contributed by atoms with E-state index in [1.54, 1.807) is 0 Å². The zero-order chi connectivity index (χ0) is 20.7. The molecule has 2 aliphatic heterocycles. The monoisotopic (exact) mass is 400 g/mol. The van der Waals surface area contributed by atoms with Crippen LogP contribution in [-0.4, -0.2) is 29.8 Å². The van der Waals surface area contributed by atoms with Crippen molar-refractivity contribution in [2.45, 2.75) is 19.8 Å². The first-order valence-corrected chi connectivity index (χ1v) is 9.46. The van der Waals surface area contributed by atoms with Crippen molar-refractivity contribution in [2.75, 3.05) is 18.0 Å². The molecule has 7 heteroatoms. The van der Waals surface area contributed by atoms with Gasteiger partial charge in [0.05, 0.1) is 11.3 Å². The van der Waals surface area contributed by atoms with Crippen molar-refractivity contribution in [1.29, 1.82) is 0 Å². The molecule has 4 nitrogen and oxygen atoms in total. The lowest BCUT2D eigenvalue weighted by molar-refractivity contribution is -0.120. The van der Waals surface area contributed by atoms with Gasteiger partial charge < -0.3 is 4.90 Å². The summed E-state index contributed by atoms with van der Waals surface area (Å²) in [6.45, 7) is 3.29. The van der Waals surface area contributed by atoms with Gasteiger partial charge in [0.15, 0.2) is 0 Å². The summed E-state index contributed by atoms with van der Waals surface area (Å²) in [5, 5.41) is 0. The fraction of sp³-hybridized carbons (Fsp3) is 0.273. The van der Waals surface area contributed by atoms with Crippen LogP contribution in [0.5, 0.6) is 0 Å². The summed E-state index contributed by atoms with van der Waals surface area (Å²) in [5.74, 6) is -3.14. The van der Waals surface area contributed by atoms with E-state index in [9.17, 15) is 22.8 Å². The van der Waals surface area contributed by atoms with Gasteiger partial charge in [0.25, 0.3) is 11.8 Å². The van der Waals surface area contributed by atoms with E-state index in [0.717, 1.165) is 29.9 Å². The number of carbonyl (C=O) groups is 2. The van der Waals surface area contributed by atoms with Crippen LogP contribution >= 0.6 is 0 Å². The maximum Gasteiger partial charge on any atom is 0.282 e. The van der Waals surface area contributed by atoms with E-state index in [-0.39, 0.29) is 17.0 Å². The largest absolute Gasteiger partial charge is 0.366 e. The van der Waals surface area contributed by atoms with Crippen molar-refractivity contribution in [3.8, 4) is 0 Å². The second-order valence-electron chi connectivity index (χ2n) is 7.44. The van der Waals surface area contributed by atoms with E-state index in [2.05, 4.69) is 6.92 Å². The number of hydrogen-bond donors (Lipinski definition) is 0. The van der Waals surface area contributed by atoms with E-state index in [1.165, 1.54) is 24.3 Å². The van der Waals surface area contributed by atoms with Crippen LogP contribution in [0.2, 0.25) is 0 Å². The van der Waals surface area contributed by atoms with Crippen molar-refractivity contribution >= 4 is 23.1 Å². The Morgan fingerprint density at radius 3 is 2.10 bits per heavy atom. The highest BCUT2D eigenvalue weighted by atomic mass is 19.1. The molecule has 4 rings (SSSR count). The molecular formula is C22H19F3N2O2. The maximum absolute atomic E-state index is 14.4. The molecule has 0 spiro atoms. The predicted octanol–water partition coefficient (Wildman–Crippen LogP) is 4.12. The number of amides is 2. The number of carbonyl (C=O) groups excluding carboxylic acids is 2. The van der Waals surface area contributed by atoms with E-state index in [0.29, 0.717) is 30.6 Å². The molecule has 0 unspecified atom stereocenters. The summed E-state index contributed by atoms with van der Waals surface area (Å²) >= 11 is 0. The smallest absolute Gasteiger partial charge is 0.282 e. The number of anilines is 1. The molecule has 29 heavy (non-hydrogen) atoms. The molecule has 0 radical (unpaired) electrons. The van der Waals surface area contributed by atoms with Gasteiger partial charge in [-0.15, -0.1) is 0 Å². The molecule has 0 atom stereocenters. The molecule has 2 aliphatic rings. The average molecular weight is 400 g/mol. The number of likely N-dealkylation sites (tertiary alicyclic amines) is 1. The Morgan fingerprint density at radius 2 is 1.48 bits per heavy atom. The molecule has 0 saturated carbocycles. The molecule has 1 fully saturated rings. The van der Waals surface area contributed by atoms with Crippen LogP contribution in [0.1, 0.15) is 25.3 Å². The Kier molecular flexibility index (Phi) is 4.90. The van der Waals surface area contributed by atoms with Gasteiger partial charge in [-0.1, -0.05) is 19.1 Å². The molecule has 0 aromatic heterocycles. The molecular weight excluding hydrogens is 381 g/mol. The van der Waals surface area contributed by atoms with Crippen LogP contribution in [0, 0.1) is 23.4 Å². The van der Waals surface area contributed by atoms with Gasteiger partial charge in [-0.3, -0.25) is 9.59 Å². The Balaban J connectivity index is 1.82. The highest BCUT2D eigenvalue weighted by Crippen LogP contribution is 2.37. The minimum Gasteiger partial charge on any atom is -0.366 e. The number of imide groups is 1. The number of piperidine rings is 1. The van der Waals surface area contributed by atoms with Gasteiger partial charge in [-0.05, 0) is 48.6 Å². The van der Waals surface area contributed by atoms with Crippen LogP contribution in [0.25, 0.3) is 5.57 Å². The van der Waals surface area contributed by atoms with Crippen molar-refractivity contribution in [3.63, 3.8) is 0 Å². The van der Waals surface area contributed by atoms with Crippen LogP contribution in [-0.2, 0) is 9.59 Å². The topological polar surface area (TPSA) is 40.6 Å². The number of nitrogens with zero attached hydrogens (tertiary/aromatic N) is 2. The van der Waals surface area contributed by atoms with Crippen LogP contribution < -0.4 is 4.90 Å². The van der Waals surface area contributed by atoms with Gasteiger partial charge in [-0.25, -0.2) is 18.1 Å². The minimum absolute atomic E-state index is 0.105. The molecule has 2 heterocycles. The van der Waals surface area contributed by atoms with Crippen molar-refractivity contribution in [2.24, 2.45) is 5.92 Å². The highest BCUT2D eigenvalue weighted by molar-refractivity contribution is 6.45. The first-order valence-electron chi connectivity index (χ1n) is 9.46. The summed E-state index contributed by atoms with van der Waals surface area (Å²) in [6, 6.07) is 7.96. The second kappa shape index (κ2) is 7.39. The minimum atomic E-state index is -1.00. The van der Waals surface area contributed by atoms with Gasteiger partial charge in [0.2, 0.25) is 0 Å². The first kappa shape index (κ1) is 19.2. The molecule has 2 amide bonds. The average Bonchev–Trinajstić information content (AvgIpc) is 2.94. The standard InChI is InChI=1S/C22H19F3N2O2/c1-13-8-10-26(11-9-13)20-19(14-2-4-15(23)5-3-14)21(28)27(22(20)29)18-7-6-16(24)12-17(18)25/h2-7,12-13H,8-11H2,1H3. The summed E-state index contributed by atoms with van der Waals surface area (Å²) in [7, 11) is 0. The van der Waals surface area contributed by atoms with E-state index >= 15 is 0 Å². The molecule has 0 N–H and O–H groups in total. The molecule has 150 valence electrons. The number of benzene rings is 2. The molecule has 1 saturated heterocycles. The van der Waals surface area contributed by atoms with Gasteiger partial charge in [0, 0.05) is 19.2 Å². The molecule has 0 bridgehead atoms. The summed E-state index contributed by atoms with van der Waals surface area (Å²) in [4.78, 5) is 29.0. The molecule has 2 aromatic rings. The quantitative estimate of drug-likeness (QED) is 0.728. The number of hydrogen-bond acceptors (Lipinski definition) is 3. The molecule has 0 aliphatic carbocycles. The molecule has 2 aromatic carbocycles. The maximum atomic E-state index is 14.4. The van der Waals surface area contributed by atoms with E-state index in [4.69, 9.17) is 0 Å². The third-order valence-electron chi connectivity index (χ3n) is 5.44. The Morgan fingerprint density at radius 1 is 0.862 bits per heavy atom. The third-order valence-corrected chi connectivity index (χ3v) is 5.44. The van der Waals surface area contributed by atoms with Crippen LogP contribution in [0.4, 0.5) is 18.9 Å². The Labute approximate surface area is 166 Å². The normalized spacial score (nSPS) is 18.2. The van der Waals surface area contributed by atoms with Gasteiger partial charge in [-0.2, -0.15) is 0 Å². The number of halogens is 3.